The van der Waals surface area contributed by atoms with Gasteiger partial charge in [-0.15, -0.1) is 0 Å². The highest BCUT2D eigenvalue weighted by molar-refractivity contribution is 6.02. The lowest BCUT2D eigenvalue weighted by Gasteiger charge is -2.10. The van der Waals surface area contributed by atoms with Gasteiger partial charge in [-0.3, -0.25) is 14.2 Å². The van der Waals surface area contributed by atoms with Gasteiger partial charge in [0.2, 0.25) is 0 Å². The van der Waals surface area contributed by atoms with Crippen molar-refractivity contribution in [3.63, 3.8) is 0 Å². The number of primary amides is 1. The summed E-state index contributed by atoms with van der Waals surface area (Å²) in [5, 5.41) is 0. The number of rotatable bonds is 6. The Kier molecular flexibility index (Phi) is 6.26. The van der Waals surface area contributed by atoms with Crippen molar-refractivity contribution in [2.75, 3.05) is 6.61 Å². The van der Waals surface area contributed by atoms with Gasteiger partial charge in [-0.25, -0.2) is 19.3 Å². The summed E-state index contributed by atoms with van der Waals surface area (Å²) >= 11 is 0. The summed E-state index contributed by atoms with van der Waals surface area (Å²) < 4.78 is 7.58. The number of nitrogens with two attached hydrogens (primary N) is 1. The number of hydrogen-bond acceptors (Lipinski definition) is 6. The van der Waals surface area contributed by atoms with Crippen molar-refractivity contribution in [1.82, 2.24) is 19.1 Å². The molecule has 180 valence electrons. The number of aryl methyl sites for hydroxylation is 4. The van der Waals surface area contributed by atoms with Crippen LogP contribution in [-0.4, -0.2) is 37.6 Å². The first-order valence-electron chi connectivity index (χ1n) is 11.3. The van der Waals surface area contributed by atoms with Gasteiger partial charge in [0.05, 0.1) is 12.3 Å². The Morgan fingerprint density at radius 3 is 2.34 bits per heavy atom. The van der Waals surface area contributed by atoms with E-state index < -0.39 is 24.1 Å². The maximum Gasteiger partial charge on any atom is 0.335 e. The van der Waals surface area contributed by atoms with E-state index in [9.17, 15) is 14.4 Å². The number of benzene rings is 2. The second kappa shape index (κ2) is 9.17. The molecule has 9 heteroatoms. The van der Waals surface area contributed by atoms with Gasteiger partial charge < -0.3 is 10.5 Å². The molecule has 0 radical (unpaired) electrons. The first-order valence-corrected chi connectivity index (χ1v) is 11.3. The summed E-state index contributed by atoms with van der Waals surface area (Å²) in [6.07, 6.45) is 0. The van der Waals surface area contributed by atoms with Crippen LogP contribution in [0, 0.1) is 27.7 Å². The summed E-state index contributed by atoms with van der Waals surface area (Å²) in [4.78, 5) is 47.7. The van der Waals surface area contributed by atoms with E-state index in [1.54, 1.807) is 13.0 Å². The van der Waals surface area contributed by atoms with Crippen molar-refractivity contribution >= 4 is 23.0 Å². The maximum absolute atomic E-state index is 13.7. The van der Waals surface area contributed by atoms with Gasteiger partial charge in [-0.1, -0.05) is 29.8 Å². The number of amides is 1. The lowest BCUT2D eigenvalue weighted by Crippen LogP contribution is -2.28. The normalized spacial score (nSPS) is 11.1. The predicted molar refractivity (Wildman–Crippen MR) is 133 cm³/mol. The van der Waals surface area contributed by atoms with Gasteiger partial charge in [-0.2, -0.15) is 0 Å². The zero-order valence-electron chi connectivity index (χ0n) is 20.4. The molecule has 9 nitrogen and oxygen atoms in total. The third kappa shape index (κ3) is 4.32. The SMILES string of the molecule is CCOC(=O)Cn1c(=O)n(-c2ccc(C)c(C)c2)c2nc(-c3ccc(C)cc3C)nc(C(N)=O)c21. The van der Waals surface area contributed by atoms with E-state index in [-0.39, 0.29) is 29.3 Å². The average Bonchev–Trinajstić information content (AvgIpc) is 3.06. The summed E-state index contributed by atoms with van der Waals surface area (Å²) in [6, 6.07) is 11.3. The van der Waals surface area contributed by atoms with Crippen molar-refractivity contribution in [2.24, 2.45) is 5.73 Å². The highest BCUT2D eigenvalue weighted by atomic mass is 16.5. The van der Waals surface area contributed by atoms with Crippen LogP contribution in [0.2, 0.25) is 0 Å². The van der Waals surface area contributed by atoms with Crippen LogP contribution >= 0.6 is 0 Å². The van der Waals surface area contributed by atoms with Crippen molar-refractivity contribution in [2.45, 2.75) is 41.2 Å². The van der Waals surface area contributed by atoms with E-state index >= 15 is 0 Å². The Morgan fingerprint density at radius 2 is 1.71 bits per heavy atom. The molecule has 0 aliphatic heterocycles. The molecule has 0 spiro atoms. The van der Waals surface area contributed by atoms with E-state index in [0.29, 0.717) is 11.3 Å². The Balaban J connectivity index is 2.12. The predicted octanol–water partition coefficient (Wildman–Crippen LogP) is 3.14. The van der Waals surface area contributed by atoms with Crippen LogP contribution in [0.25, 0.3) is 28.2 Å². The van der Waals surface area contributed by atoms with E-state index in [1.165, 1.54) is 4.57 Å². The topological polar surface area (TPSA) is 122 Å². The molecule has 0 atom stereocenters. The van der Waals surface area contributed by atoms with Crippen molar-refractivity contribution in [1.29, 1.82) is 0 Å². The molecule has 2 aromatic heterocycles. The molecule has 4 rings (SSSR count). The van der Waals surface area contributed by atoms with Gasteiger partial charge in [0.15, 0.2) is 17.2 Å². The minimum atomic E-state index is -0.835. The maximum atomic E-state index is 13.7. The quantitative estimate of drug-likeness (QED) is 0.429. The van der Waals surface area contributed by atoms with Crippen LogP contribution < -0.4 is 11.4 Å². The molecule has 2 heterocycles. The van der Waals surface area contributed by atoms with Gasteiger partial charge >= 0.3 is 11.7 Å². The molecule has 0 bridgehead atoms. The number of fused-ring (bicyclic) bond motifs is 1. The number of carbonyl (C=O) groups is 2. The largest absolute Gasteiger partial charge is 0.465 e. The molecule has 0 aliphatic carbocycles. The van der Waals surface area contributed by atoms with Crippen LogP contribution in [0.3, 0.4) is 0 Å². The summed E-state index contributed by atoms with van der Waals surface area (Å²) in [7, 11) is 0. The molecular formula is C26H27N5O4. The van der Waals surface area contributed by atoms with Crippen LogP contribution in [-0.2, 0) is 16.1 Å². The average molecular weight is 474 g/mol. The molecule has 0 unspecified atom stereocenters. The molecule has 0 fully saturated rings. The van der Waals surface area contributed by atoms with Gasteiger partial charge in [-0.05, 0) is 63.4 Å². The third-order valence-electron chi connectivity index (χ3n) is 5.97. The molecule has 0 aliphatic rings. The second-order valence-corrected chi connectivity index (χ2v) is 8.53. The second-order valence-electron chi connectivity index (χ2n) is 8.53. The minimum absolute atomic E-state index is 0.0855. The fourth-order valence-corrected chi connectivity index (χ4v) is 4.09. The fraction of sp³-hybridized carbons (Fsp3) is 0.269. The number of esters is 1. The molecule has 2 aromatic carbocycles. The van der Waals surface area contributed by atoms with E-state index in [4.69, 9.17) is 15.5 Å². The number of hydrogen-bond donors (Lipinski definition) is 1. The molecule has 35 heavy (non-hydrogen) atoms. The third-order valence-corrected chi connectivity index (χ3v) is 5.97. The first kappa shape index (κ1) is 23.9. The summed E-state index contributed by atoms with van der Waals surface area (Å²) in [6.45, 7) is 9.22. The Bertz CT molecular complexity index is 1550. The zero-order valence-corrected chi connectivity index (χ0v) is 20.4. The summed E-state index contributed by atoms with van der Waals surface area (Å²) in [5.74, 6) is -1.20. The zero-order chi connectivity index (χ0) is 25.4. The first-order chi connectivity index (χ1) is 16.6. The molecule has 0 saturated carbocycles. The summed E-state index contributed by atoms with van der Waals surface area (Å²) in [5.41, 5.74) is 10.5. The standard InChI is InChI=1S/C26H27N5O4/c1-6-35-20(32)13-30-22-21(23(27)33)28-24(19-10-7-14(2)11-17(19)5)29-25(22)31(26(30)34)18-9-8-15(3)16(4)12-18/h7-12H,6,13H2,1-5H3,(H2,27,33). The molecule has 2 N–H and O–H groups in total. The lowest BCUT2D eigenvalue weighted by molar-refractivity contribution is -0.143. The Morgan fingerprint density at radius 1 is 0.971 bits per heavy atom. The molecular weight excluding hydrogens is 446 g/mol. The van der Waals surface area contributed by atoms with E-state index in [2.05, 4.69) is 4.98 Å². The van der Waals surface area contributed by atoms with Crippen molar-refractivity contribution < 1.29 is 14.3 Å². The monoisotopic (exact) mass is 473 g/mol. The molecule has 4 aromatic rings. The highest BCUT2D eigenvalue weighted by Gasteiger charge is 2.26. The number of imidazole rings is 1. The number of ether oxygens (including phenoxy) is 1. The number of carbonyl (C=O) groups excluding carboxylic acids is 2. The van der Waals surface area contributed by atoms with Gasteiger partial charge in [0.25, 0.3) is 5.91 Å². The van der Waals surface area contributed by atoms with Crippen LogP contribution in [0.5, 0.6) is 0 Å². The molecule has 1 amide bonds. The van der Waals surface area contributed by atoms with Crippen LogP contribution in [0.1, 0.15) is 39.7 Å². The van der Waals surface area contributed by atoms with Crippen molar-refractivity contribution in [3.8, 4) is 17.1 Å². The number of aromatic nitrogens is 4. The minimum Gasteiger partial charge on any atom is -0.465 e. The van der Waals surface area contributed by atoms with E-state index in [1.807, 2.05) is 58.0 Å². The van der Waals surface area contributed by atoms with Gasteiger partial charge in [0, 0.05) is 5.56 Å². The smallest absolute Gasteiger partial charge is 0.335 e. The van der Waals surface area contributed by atoms with Gasteiger partial charge in [0.1, 0.15) is 12.1 Å². The Labute approximate surface area is 202 Å². The Hall–Kier alpha value is -4.27. The number of nitrogens with zero attached hydrogens (tertiary/aromatic N) is 4. The van der Waals surface area contributed by atoms with Crippen LogP contribution in [0.4, 0.5) is 0 Å². The van der Waals surface area contributed by atoms with Crippen LogP contribution in [0.15, 0.2) is 41.2 Å². The van der Waals surface area contributed by atoms with E-state index in [0.717, 1.165) is 26.8 Å². The fourth-order valence-electron chi connectivity index (χ4n) is 4.09. The molecule has 0 saturated heterocycles. The highest BCUT2D eigenvalue weighted by Crippen LogP contribution is 2.26. The van der Waals surface area contributed by atoms with Crippen molar-refractivity contribution in [3.05, 3.63) is 74.8 Å². The lowest BCUT2D eigenvalue weighted by atomic mass is 10.1.